The highest BCUT2D eigenvalue weighted by Gasteiger charge is 2.53. The summed E-state index contributed by atoms with van der Waals surface area (Å²) in [7, 11) is 0. The first-order valence-corrected chi connectivity index (χ1v) is 8.06. The van der Waals surface area contributed by atoms with Gasteiger partial charge in [0.25, 0.3) is 0 Å². The van der Waals surface area contributed by atoms with Crippen LogP contribution in [-0.4, -0.2) is 9.78 Å². The average Bonchev–Trinajstić information content (AvgIpc) is 2.91. The van der Waals surface area contributed by atoms with Crippen molar-refractivity contribution >= 4 is 0 Å². The molecule has 3 heteroatoms. The van der Waals surface area contributed by atoms with Crippen molar-refractivity contribution in [2.75, 3.05) is 0 Å². The molecule has 0 amide bonds. The molecule has 0 saturated heterocycles. The Kier molecular flexibility index (Phi) is 1.97. The Morgan fingerprint density at radius 2 is 1.74 bits per heavy atom. The number of aryl methyl sites for hydroxylation is 1. The van der Waals surface area contributed by atoms with E-state index in [2.05, 4.69) is 10.9 Å². The first-order chi connectivity index (χ1) is 9.23. The number of hydrogen-bond acceptors (Lipinski definition) is 2. The Morgan fingerprint density at radius 1 is 1.11 bits per heavy atom. The topological polar surface area (TPSA) is 43.8 Å². The van der Waals surface area contributed by atoms with Crippen LogP contribution in [0.2, 0.25) is 0 Å². The summed E-state index contributed by atoms with van der Waals surface area (Å²) in [5.41, 5.74) is 9.53. The minimum Gasteiger partial charge on any atom is -0.323 e. The van der Waals surface area contributed by atoms with Gasteiger partial charge in [0, 0.05) is 6.04 Å². The van der Waals surface area contributed by atoms with Crippen molar-refractivity contribution in [2.24, 2.45) is 23.5 Å². The van der Waals surface area contributed by atoms with Crippen molar-refractivity contribution in [1.29, 1.82) is 0 Å². The number of nitrogens with two attached hydrogens (primary N) is 1. The van der Waals surface area contributed by atoms with Gasteiger partial charge in [-0.05, 0) is 74.7 Å². The van der Waals surface area contributed by atoms with Crippen molar-refractivity contribution in [3.8, 4) is 0 Å². The maximum Gasteiger partial charge on any atom is 0.0639 e. The summed E-state index contributed by atoms with van der Waals surface area (Å²) in [6.45, 7) is 0. The molecule has 5 aliphatic carbocycles. The van der Waals surface area contributed by atoms with Gasteiger partial charge >= 0.3 is 0 Å². The van der Waals surface area contributed by atoms with E-state index in [0.717, 1.165) is 30.6 Å². The van der Waals surface area contributed by atoms with Crippen LogP contribution in [0.1, 0.15) is 62.2 Å². The lowest BCUT2D eigenvalue weighted by Gasteiger charge is -2.57. The third-order valence-corrected chi connectivity index (χ3v) is 6.42. The fourth-order valence-corrected chi connectivity index (χ4v) is 6.13. The number of aromatic nitrogens is 2. The summed E-state index contributed by atoms with van der Waals surface area (Å²) in [4.78, 5) is 0. The van der Waals surface area contributed by atoms with E-state index < -0.39 is 0 Å². The summed E-state index contributed by atoms with van der Waals surface area (Å²) in [6, 6.07) is 0.241. The molecular formula is C16H23N3. The zero-order chi connectivity index (χ0) is 12.6. The minimum absolute atomic E-state index is 0.241. The second-order valence-corrected chi connectivity index (χ2v) is 7.75. The molecule has 0 spiro atoms. The van der Waals surface area contributed by atoms with Crippen molar-refractivity contribution in [1.82, 2.24) is 9.78 Å². The van der Waals surface area contributed by atoms with E-state index in [1.807, 2.05) is 0 Å². The molecule has 2 N–H and O–H groups in total. The van der Waals surface area contributed by atoms with Gasteiger partial charge in [-0.15, -0.1) is 0 Å². The minimum atomic E-state index is 0.241. The second-order valence-electron chi connectivity index (χ2n) is 7.75. The lowest BCUT2D eigenvalue weighted by Crippen LogP contribution is -2.52. The Hall–Kier alpha value is -0.830. The van der Waals surface area contributed by atoms with Gasteiger partial charge in [0.2, 0.25) is 0 Å². The van der Waals surface area contributed by atoms with E-state index >= 15 is 0 Å². The number of hydrogen-bond donors (Lipinski definition) is 1. The van der Waals surface area contributed by atoms with Gasteiger partial charge in [0.05, 0.1) is 17.4 Å². The van der Waals surface area contributed by atoms with Crippen molar-refractivity contribution in [2.45, 2.75) is 62.9 Å². The third-order valence-electron chi connectivity index (χ3n) is 6.42. The van der Waals surface area contributed by atoms with Gasteiger partial charge in [-0.3, -0.25) is 4.68 Å². The molecule has 0 radical (unpaired) electrons. The SMILES string of the molecule is NC1CCc2cnn(C34CC5CC(CC(C5)C3)C4)c21. The van der Waals surface area contributed by atoms with Crippen LogP contribution in [0, 0.1) is 17.8 Å². The quantitative estimate of drug-likeness (QED) is 0.840. The Morgan fingerprint density at radius 3 is 2.37 bits per heavy atom. The molecule has 5 aliphatic rings. The summed E-state index contributed by atoms with van der Waals surface area (Å²) in [6.07, 6.45) is 13.0. The van der Waals surface area contributed by atoms with Crippen molar-refractivity contribution in [3.63, 3.8) is 0 Å². The van der Waals surface area contributed by atoms with Crippen LogP contribution in [0.3, 0.4) is 0 Å². The Balaban J connectivity index is 1.63. The van der Waals surface area contributed by atoms with E-state index in [1.54, 1.807) is 0 Å². The van der Waals surface area contributed by atoms with E-state index in [1.165, 1.54) is 49.8 Å². The molecular weight excluding hydrogens is 234 g/mol. The molecule has 4 saturated carbocycles. The standard InChI is InChI=1S/C16H23N3/c17-14-2-1-13-9-18-19(15(13)14)16-6-10-3-11(7-16)5-12(4-10)8-16/h9-12,14H,1-8,17H2. The molecule has 1 unspecified atom stereocenters. The van der Waals surface area contributed by atoms with Crippen LogP contribution < -0.4 is 5.73 Å². The molecule has 6 rings (SSSR count). The summed E-state index contributed by atoms with van der Waals surface area (Å²) in [5.74, 6) is 2.93. The summed E-state index contributed by atoms with van der Waals surface area (Å²) >= 11 is 0. The molecule has 1 atom stereocenters. The smallest absolute Gasteiger partial charge is 0.0639 e. The maximum atomic E-state index is 6.35. The number of nitrogens with zero attached hydrogens (tertiary/aromatic N) is 2. The monoisotopic (exact) mass is 257 g/mol. The lowest BCUT2D eigenvalue weighted by molar-refractivity contribution is -0.0511. The number of rotatable bonds is 1. The second kappa shape index (κ2) is 3.43. The van der Waals surface area contributed by atoms with Gasteiger partial charge in [-0.2, -0.15) is 5.10 Å². The zero-order valence-corrected chi connectivity index (χ0v) is 11.5. The molecule has 0 aliphatic heterocycles. The third kappa shape index (κ3) is 1.35. The normalized spacial score (nSPS) is 46.8. The molecule has 4 bridgehead atoms. The largest absolute Gasteiger partial charge is 0.323 e. The molecule has 1 aromatic rings. The van der Waals surface area contributed by atoms with E-state index in [0.29, 0.717) is 5.54 Å². The maximum absolute atomic E-state index is 6.35. The molecule has 0 aromatic carbocycles. The summed E-state index contributed by atoms with van der Waals surface area (Å²) in [5, 5.41) is 4.81. The van der Waals surface area contributed by atoms with E-state index in [9.17, 15) is 0 Å². The van der Waals surface area contributed by atoms with E-state index in [-0.39, 0.29) is 6.04 Å². The predicted octanol–water partition coefficient (Wildman–Crippen LogP) is 2.75. The highest BCUT2D eigenvalue weighted by Crippen LogP contribution is 2.59. The molecule has 1 aromatic heterocycles. The average molecular weight is 257 g/mol. The zero-order valence-electron chi connectivity index (χ0n) is 11.5. The Labute approximate surface area is 114 Å². The molecule has 3 nitrogen and oxygen atoms in total. The van der Waals surface area contributed by atoms with Gasteiger partial charge in [-0.25, -0.2) is 0 Å². The van der Waals surface area contributed by atoms with Gasteiger partial charge < -0.3 is 5.73 Å². The number of fused-ring (bicyclic) bond motifs is 1. The predicted molar refractivity (Wildman–Crippen MR) is 73.6 cm³/mol. The van der Waals surface area contributed by atoms with Crippen LogP contribution >= 0.6 is 0 Å². The van der Waals surface area contributed by atoms with Crippen LogP contribution in [-0.2, 0) is 12.0 Å². The summed E-state index contributed by atoms with van der Waals surface area (Å²) < 4.78 is 2.42. The lowest BCUT2D eigenvalue weighted by atomic mass is 9.53. The Bertz CT molecular complexity index is 495. The van der Waals surface area contributed by atoms with E-state index in [4.69, 9.17) is 10.8 Å². The first kappa shape index (κ1) is 10.9. The van der Waals surface area contributed by atoms with Crippen LogP contribution in [0.15, 0.2) is 6.20 Å². The van der Waals surface area contributed by atoms with Gasteiger partial charge in [0.15, 0.2) is 0 Å². The van der Waals surface area contributed by atoms with Gasteiger partial charge in [-0.1, -0.05) is 0 Å². The highest BCUT2D eigenvalue weighted by atomic mass is 15.3. The fraction of sp³-hybridized carbons (Fsp3) is 0.812. The highest BCUT2D eigenvalue weighted by molar-refractivity contribution is 5.28. The van der Waals surface area contributed by atoms with Crippen molar-refractivity contribution in [3.05, 3.63) is 17.5 Å². The molecule has 19 heavy (non-hydrogen) atoms. The van der Waals surface area contributed by atoms with Crippen LogP contribution in [0.4, 0.5) is 0 Å². The van der Waals surface area contributed by atoms with Crippen molar-refractivity contribution < 1.29 is 0 Å². The molecule has 102 valence electrons. The van der Waals surface area contributed by atoms with Crippen LogP contribution in [0.5, 0.6) is 0 Å². The molecule has 4 fully saturated rings. The van der Waals surface area contributed by atoms with Gasteiger partial charge in [0.1, 0.15) is 0 Å². The first-order valence-electron chi connectivity index (χ1n) is 8.06. The molecule has 1 heterocycles. The van der Waals surface area contributed by atoms with Crippen LogP contribution in [0.25, 0.3) is 0 Å². The fourth-order valence-electron chi connectivity index (χ4n) is 6.13.